The lowest BCUT2D eigenvalue weighted by Gasteiger charge is -2.14. The molecule has 1 fully saturated rings. The monoisotopic (exact) mass is 286 g/mol. The Morgan fingerprint density at radius 1 is 1.44 bits per heavy atom. The molecule has 0 radical (unpaired) electrons. The van der Waals surface area contributed by atoms with E-state index in [0.717, 1.165) is 13.1 Å². The van der Waals surface area contributed by atoms with Crippen molar-refractivity contribution in [1.29, 1.82) is 0 Å². The Morgan fingerprint density at radius 3 is 2.83 bits per heavy atom. The maximum absolute atomic E-state index is 11.8. The molecule has 98 valence electrons. The predicted octanol–water partition coefficient (Wildman–Crippen LogP) is 3.27. The molecule has 1 aromatic carbocycles. The van der Waals surface area contributed by atoms with Crippen molar-refractivity contribution in [2.45, 2.75) is 13.3 Å². The zero-order chi connectivity index (χ0) is 13.1. The Balaban J connectivity index is 1.89. The van der Waals surface area contributed by atoms with Gasteiger partial charge in [-0.1, -0.05) is 30.1 Å². The normalized spacial score (nSPS) is 20.1. The molecule has 0 aliphatic carbocycles. The minimum absolute atomic E-state index is 0.0116. The molecular formula is C13H16Cl2N2O. The van der Waals surface area contributed by atoms with Crippen LogP contribution in [0.5, 0.6) is 0 Å². The van der Waals surface area contributed by atoms with Gasteiger partial charge in [0.25, 0.3) is 0 Å². The minimum Gasteiger partial charge on any atom is -0.325 e. The van der Waals surface area contributed by atoms with Gasteiger partial charge in [-0.15, -0.1) is 0 Å². The van der Waals surface area contributed by atoms with Crippen LogP contribution in [0.4, 0.5) is 5.69 Å². The Bertz CT molecular complexity index is 451. The van der Waals surface area contributed by atoms with Gasteiger partial charge in [-0.05, 0) is 37.1 Å². The second-order valence-electron chi connectivity index (χ2n) is 4.81. The lowest BCUT2D eigenvalue weighted by atomic mass is 10.2. The molecule has 0 saturated carbocycles. The third-order valence-electron chi connectivity index (χ3n) is 3.08. The minimum atomic E-state index is -0.0116. The van der Waals surface area contributed by atoms with Gasteiger partial charge in [0.1, 0.15) is 0 Å². The van der Waals surface area contributed by atoms with E-state index in [2.05, 4.69) is 17.1 Å². The van der Waals surface area contributed by atoms with Crippen LogP contribution < -0.4 is 5.32 Å². The summed E-state index contributed by atoms with van der Waals surface area (Å²) >= 11 is 11.7. The molecule has 1 atom stereocenters. The number of rotatable bonds is 3. The van der Waals surface area contributed by atoms with Crippen LogP contribution in [0.25, 0.3) is 0 Å². The van der Waals surface area contributed by atoms with Crippen LogP contribution in [0.2, 0.25) is 10.0 Å². The van der Waals surface area contributed by atoms with Crippen molar-refractivity contribution in [2.75, 3.05) is 25.0 Å². The van der Waals surface area contributed by atoms with Gasteiger partial charge in [0.2, 0.25) is 5.91 Å². The number of nitrogens with one attached hydrogen (secondary N) is 1. The van der Waals surface area contributed by atoms with Crippen molar-refractivity contribution in [1.82, 2.24) is 4.90 Å². The first-order chi connectivity index (χ1) is 8.54. The first kappa shape index (κ1) is 13.7. The molecule has 1 saturated heterocycles. The molecule has 1 unspecified atom stereocenters. The molecule has 5 heteroatoms. The molecule has 0 spiro atoms. The number of nitrogens with zero attached hydrogens (tertiary/aromatic N) is 1. The summed E-state index contributed by atoms with van der Waals surface area (Å²) in [6, 6.07) is 5.09. The molecule has 0 bridgehead atoms. The fraction of sp³-hybridized carbons (Fsp3) is 0.462. The number of carbonyl (C=O) groups is 1. The molecule has 1 N–H and O–H groups in total. The van der Waals surface area contributed by atoms with Crippen molar-refractivity contribution < 1.29 is 4.79 Å². The second-order valence-corrected chi connectivity index (χ2v) is 5.62. The van der Waals surface area contributed by atoms with Gasteiger partial charge in [-0.2, -0.15) is 0 Å². The van der Waals surface area contributed by atoms with E-state index in [1.54, 1.807) is 18.2 Å². The van der Waals surface area contributed by atoms with Crippen LogP contribution in [0.15, 0.2) is 18.2 Å². The number of anilines is 1. The van der Waals surface area contributed by atoms with Crippen molar-refractivity contribution in [3.63, 3.8) is 0 Å². The van der Waals surface area contributed by atoms with Crippen molar-refractivity contribution in [3.05, 3.63) is 28.2 Å². The summed E-state index contributed by atoms with van der Waals surface area (Å²) in [6.07, 6.45) is 1.17. The summed E-state index contributed by atoms with van der Waals surface area (Å²) in [5.74, 6) is 0.672. The van der Waals surface area contributed by atoms with E-state index in [1.165, 1.54) is 6.42 Å². The first-order valence-electron chi connectivity index (χ1n) is 6.02. The molecular weight excluding hydrogens is 271 g/mol. The Labute approximate surface area is 117 Å². The molecule has 2 rings (SSSR count). The summed E-state index contributed by atoms with van der Waals surface area (Å²) in [6.45, 7) is 4.63. The summed E-state index contributed by atoms with van der Waals surface area (Å²) in [4.78, 5) is 14.0. The van der Waals surface area contributed by atoms with Crippen LogP contribution in [-0.2, 0) is 4.79 Å². The lowest BCUT2D eigenvalue weighted by Crippen LogP contribution is -2.31. The molecule has 1 aliphatic heterocycles. The Morgan fingerprint density at radius 2 is 2.22 bits per heavy atom. The summed E-state index contributed by atoms with van der Waals surface area (Å²) in [7, 11) is 0. The van der Waals surface area contributed by atoms with E-state index in [1.807, 2.05) is 0 Å². The summed E-state index contributed by atoms with van der Waals surface area (Å²) in [5, 5.41) is 3.77. The van der Waals surface area contributed by atoms with Crippen molar-refractivity contribution in [3.8, 4) is 0 Å². The third-order valence-corrected chi connectivity index (χ3v) is 3.82. The van der Waals surface area contributed by atoms with Crippen LogP contribution in [-0.4, -0.2) is 30.4 Å². The van der Waals surface area contributed by atoms with Crippen molar-refractivity contribution in [2.24, 2.45) is 5.92 Å². The standard InChI is InChI=1S/C13H16Cl2N2O/c1-9-4-5-17(7-9)8-13(18)16-10-2-3-11(14)12(15)6-10/h2-3,6,9H,4-5,7-8H2,1H3,(H,16,18). The molecule has 1 aliphatic rings. The first-order valence-corrected chi connectivity index (χ1v) is 6.77. The summed E-state index contributed by atoms with van der Waals surface area (Å²) in [5.41, 5.74) is 0.682. The van der Waals surface area contributed by atoms with Crippen LogP contribution >= 0.6 is 23.2 Å². The van der Waals surface area contributed by atoms with Crippen LogP contribution in [0.3, 0.4) is 0 Å². The maximum atomic E-state index is 11.8. The van der Waals surface area contributed by atoms with E-state index in [0.29, 0.717) is 28.2 Å². The lowest BCUT2D eigenvalue weighted by molar-refractivity contribution is -0.117. The highest BCUT2D eigenvalue weighted by Gasteiger charge is 2.20. The van der Waals surface area contributed by atoms with Crippen molar-refractivity contribution >= 4 is 34.8 Å². The average Bonchev–Trinajstić information content (AvgIpc) is 2.69. The van der Waals surface area contributed by atoms with E-state index >= 15 is 0 Å². The van der Waals surface area contributed by atoms with Gasteiger partial charge in [0, 0.05) is 12.2 Å². The molecule has 1 aromatic rings. The Hall–Kier alpha value is -0.770. The van der Waals surface area contributed by atoms with E-state index in [4.69, 9.17) is 23.2 Å². The van der Waals surface area contributed by atoms with E-state index < -0.39 is 0 Å². The molecule has 3 nitrogen and oxygen atoms in total. The quantitative estimate of drug-likeness (QED) is 0.925. The van der Waals surface area contributed by atoms with Gasteiger partial charge >= 0.3 is 0 Å². The van der Waals surface area contributed by atoms with E-state index in [-0.39, 0.29) is 5.91 Å². The third kappa shape index (κ3) is 3.61. The number of amides is 1. The average molecular weight is 287 g/mol. The van der Waals surface area contributed by atoms with E-state index in [9.17, 15) is 4.79 Å². The van der Waals surface area contributed by atoms with Gasteiger partial charge in [-0.3, -0.25) is 9.69 Å². The maximum Gasteiger partial charge on any atom is 0.238 e. The number of carbonyl (C=O) groups excluding carboxylic acids is 1. The second kappa shape index (κ2) is 5.91. The fourth-order valence-corrected chi connectivity index (χ4v) is 2.45. The number of hydrogen-bond acceptors (Lipinski definition) is 2. The van der Waals surface area contributed by atoms with Gasteiger partial charge in [-0.25, -0.2) is 0 Å². The molecule has 18 heavy (non-hydrogen) atoms. The SMILES string of the molecule is CC1CCN(CC(=O)Nc2ccc(Cl)c(Cl)c2)C1. The number of halogens is 2. The molecule has 1 heterocycles. The summed E-state index contributed by atoms with van der Waals surface area (Å²) < 4.78 is 0. The smallest absolute Gasteiger partial charge is 0.238 e. The highest BCUT2D eigenvalue weighted by atomic mass is 35.5. The number of likely N-dealkylation sites (tertiary alicyclic amines) is 1. The fourth-order valence-electron chi connectivity index (χ4n) is 2.15. The van der Waals surface area contributed by atoms with Gasteiger partial charge < -0.3 is 5.32 Å². The largest absolute Gasteiger partial charge is 0.325 e. The number of benzene rings is 1. The van der Waals surface area contributed by atoms with Gasteiger partial charge in [0.05, 0.1) is 16.6 Å². The highest BCUT2D eigenvalue weighted by molar-refractivity contribution is 6.42. The number of hydrogen-bond donors (Lipinski definition) is 1. The zero-order valence-electron chi connectivity index (χ0n) is 10.2. The Kier molecular flexibility index (Phi) is 4.49. The highest BCUT2D eigenvalue weighted by Crippen LogP contribution is 2.25. The zero-order valence-corrected chi connectivity index (χ0v) is 11.8. The molecule has 0 aromatic heterocycles. The van der Waals surface area contributed by atoms with Gasteiger partial charge in [0.15, 0.2) is 0 Å². The predicted molar refractivity (Wildman–Crippen MR) is 75.3 cm³/mol. The van der Waals surface area contributed by atoms with Crippen LogP contribution in [0.1, 0.15) is 13.3 Å². The van der Waals surface area contributed by atoms with Crippen LogP contribution in [0, 0.1) is 5.92 Å². The molecule has 1 amide bonds. The topological polar surface area (TPSA) is 32.3 Å².